The van der Waals surface area contributed by atoms with Gasteiger partial charge in [0.1, 0.15) is 0 Å². The molecule has 110 valence electrons. The van der Waals surface area contributed by atoms with Crippen LogP contribution in [-0.4, -0.2) is 37.6 Å². The smallest absolute Gasteiger partial charge is 0.0175 e. The van der Waals surface area contributed by atoms with Crippen LogP contribution in [0.2, 0.25) is 0 Å². The van der Waals surface area contributed by atoms with Gasteiger partial charge in [-0.3, -0.25) is 0 Å². The van der Waals surface area contributed by atoms with Crippen molar-refractivity contribution in [2.75, 3.05) is 32.7 Å². The number of rotatable bonds is 3. The van der Waals surface area contributed by atoms with Gasteiger partial charge < -0.3 is 10.2 Å². The highest BCUT2D eigenvalue weighted by Crippen LogP contribution is 2.29. The van der Waals surface area contributed by atoms with Gasteiger partial charge >= 0.3 is 0 Å². The van der Waals surface area contributed by atoms with Crippen LogP contribution in [0.4, 0.5) is 0 Å². The van der Waals surface area contributed by atoms with Gasteiger partial charge in [-0.2, -0.15) is 0 Å². The van der Waals surface area contributed by atoms with Crippen molar-refractivity contribution in [3.63, 3.8) is 0 Å². The van der Waals surface area contributed by atoms with E-state index in [4.69, 9.17) is 0 Å². The lowest BCUT2D eigenvalue weighted by atomic mass is 9.88. The van der Waals surface area contributed by atoms with Gasteiger partial charge in [0.15, 0.2) is 0 Å². The predicted molar refractivity (Wildman–Crippen MR) is 88.2 cm³/mol. The zero-order chi connectivity index (χ0) is 13.8. The summed E-state index contributed by atoms with van der Waals surface area (Å²) in [5.74, 6) is 1.65. The third-order valence-corrected chi connectivity index (χ3v) is 5.37. The van der Waals surface area contributed by atoms with Gasteiger partial charge in [0.2, 0.25) is 0 Å². The summed E-state index contributed by atoms with van der Waals surface area (Å²) in [4.78, 5) is 2.69. The number of hydrogen-bond donors (Lipinski definition) is 1. The van der Waals surface area contributed by atoms with Crippen molar-refractivity contribution in [3.05, 3.63) is 34.3 Å². The van der Waals surface area contributed by atoms with Crippen molar-refractivity contribution < 1.29 is 0 Å². The molecule has 0 amide bonds. The van der Waals surface area contributed by atoms with Crippen LogP contribution in [0.3, 0.4) is 0 Å². The Balaban J connectivity index is 1.47. The van der Waals surface area contributed by atoms with Crippen LogP contribution in [-0.2, 0) is 0 Å². The van der Waals surface area contributed by atoms with Gasteiger partial charge in [-0.25, -0.2) is 0 Å². The van der Waals surface area contributed by atoms with Crippen LogP contribution in [0, 0.1) is 5.92 Å². The lowest BCUT2D eigenvalue weighted by Crippen LogP contribution is -2.41. The highest BCUT2D eigenvalue weighted by Gasteiger charge is 2.23. The van der Waals surface area contributed by atoms with Crippen molar-refractivity contribution in [2.45, 2.75) is 31.6 Å². The zero-order valence-corrected chi connectivity index (χ0v) is 13.7. The van der Waals surface area contributed by atoms with Gasteiger partial charge in [0.25, 0.3) is 0 Å². The first-order valence-corrected chi connectivity index (χ1v) is 8.79. The summed E-state index contributed by atoms with van der Waals surface area (Å²) in [7, 11) is 0. The summed E-state index contributed by atoms with van der Waals surface area (Å²) in [6.07, 6.45) is 5.42. The first kappa shape index (κ1) is 14.6. The number of nitrogens with zero attached hydrogens (tertiary/aromatic N) is 1. The van der Waals surface area contributed by atoms with E-state index in [2.05, 4.69) is 50.4 Å². The van der Waals surface area contributed by atoms with E-state index in [0.717, 1.165) is 11.8 Å². The second-order valence-corrected chi connectivity index (χ2v) is 7.25. The summed E-state index contributed by atoms with van der Waals surface area (Å²) in [5, 5.41) is 3.53. The maximum Gasteiger partial charge on any atom is 0.0175 e. The third kappa shape index (κ3) is 3.84. The van der Waals surface area contributed by atoms with Crippen molar-refractivity contribution in [1.29, 1.82) is 0 Å². The van der Waals surface area contributed by atoms with Gasteiger partial charge in [0.05, 0.1) is 0 Å². The van der Waals surface area contributed by atoms with Crippen LogP contribution in [0.25, 0.3) is 0 Å². The molecule has 2 fully saturated rings. The van der Waals surface area contributed by atoms with E-state index < -0.39 is 0 Å². The molecule has 20 heavy (non-hydrogen) atoms. The van der Waals surface area contributed by atoms with Gasteiger partial charge in [-0.15, -0.1) is 0 Å². The number of benzene rings is 1. The Bertz CT molecular complexity index is 404. The Hall–Kier alpha value is -0.380. The number of nitrogens with one attached hydrogen (secondary N) is 1. The minimum atomic E-state index is 0.767. The highest BCUT2D eigenvalue weighted by molar-refractivity contribution is 9.10. The molecule has 0 saturated carbocycles. The maximum atomic E-state index is 3.53. The molecule has 0 spiro atoms. The van der Waals surface area contributed by atoms with Gasteiger partial charge in [-0.05, 0) is 81.4 Å². The number of likely N-dealkylation sites (tertiary alicyclic amines) is 1. The van der Waals surface area contributed by atoms with E-state index >= 15 is 0 Å². The van der Waals surface area contributed by atoms with E-state index in [1.807, 2.05) is 0 Å². The fourth-order valence-electron chi connectivity index (χ4n) is 3.63. The van der Waals surface area contributed by atoms with E-state index in [1.54, 1.807) is 0 Å². The third-order valence-electron chi connectivity index (χ3n) is 4.84. The molecule has 1 N–H and O–H groups in total. The molecule has 1 unspecified atom stereocenters. The van der Waals surface area contributed by atoms with Crippen molar-refractivity contribution in [3.8, 4) is 0 Å². The second kappa shape index (κ2) is 7.06. The zero-order valence-electron chi connectivity index (χ0n) is 12.2. The summed E-state index contributed by atoms with van der Waals surface area (Å²) in [6, 6.07) is 8.93. The fourth-order valence-corrected chi connectivity index (χ4v) is 3.89. The van der Waals surface area contributed by atoms with E-state index in [9.17, 15) is 0 Å². The molecule has 2 aliphatic heterocycles. The Labute approximate surface area is 131 Å². The molecule has 1 aromatic carbocycles. The molecule has 0 radical (unpaired) electrons. The van der Waals surface area contributed by atoms with Crippen LogP contribution in [0.15, 0.2) is 28.7 Å². The lowest BCUT2D eigenvalue weighted by molar-refractivity contribution is 0.169. The lowest BCUT2D eigenvalue weighted by Gasteiger charge is -2.35. The molecular formula is C17H25BrN2. The summed E-state index contributed by atoms with van der Waals surface area (Å²) >= 11 is 3.52. The van der Waals surface area contributed by atoms with Crippen LogP contribution in [0.1, 0.15) is 37.2 Å². The number of hydrogen-bond acceptors (Lipinski definition) is 2. The fraction of sp³-hybridized carbons (Fsp3) is 0.647. The molecule has 0 bridgehead atoms. The second-order valence-electron chi connectivity index (χ2n) is 6.34. The first-order chi connectivity index (χ1) is 9.81. The maximum absolute atomic E-state index is 3.53. The normalized spacial score (nSPS) is 25.8. The quantitative estimate of drug-likeness (QED) is 0.906. The van der Waals surface area contributed by atoms with E-state index in [-0.39, 0.29) is 0 Å². The summed E-state index contributed by atoms with van der Waals surface area (Å²) in [5.41, 5.74) is 1.52. The van der Waals surface area contributed by atoms with Crippen molar-refractivity contribution >= 4 is 15.9 Å². The Morgan fingerprint density at radius 3 is 2.50 bits per heavy atom. The van der Waals surface area contributed by atoms with Crippen molar-refractivity contribution in [1.82, 2.24) is 10.2 Å². The van der Waals surface area contributed by atoms with Gasteiger partial charge in [0, 0.05) is 11.0 Å². The minimum absolute atomic E-state index is 0.767. The van der Waals surface area contributed by atoms with Gasteiger partial charge in [-0.1, -0.05) is 28.1 Å². The van der Waals surface area contributed by atoms with Crippen molar-refractivity contribution in [2.24, 2.45) is 5.92 Å². The first-order valence-electron chi connectivity index (χ1n) is 8.00. The van der Waals surface area contributed by atoms with E-state index in [1.165, 1.54) is 68.4 Å². The molecule has 3 heteroatoms. The molecule has 2 heterocycles. The van der Waals surface area contributed by atoms with Crippen LogP contribution >= 0.6 is 15.9 Å². The predicted octanol–water partition coefficient (Wildman–Crippen LogP) is 3.63. The summed E-state index contributed by atoms with van der Waals surface area (Å²) < 4.78 is 1.18. The SMILES string of the molecule is Brc1ccc(C2CCN(CC3CCCNC3)CC2)cc1. The minimum Gasteiger partial charge on any atom is -0.316 e. The number of halogens is 1. The van der Waals surface area contributed by atoms with Crippen LogP contribution < -0.4 is 5.32 Å². The summed E-state index contributed by atoms with van der Waals surface area (Å²) in [6.45, 7) is 6.31. The molecule has 3 rings (SSSR count). The standard InChI is InChI=1S/C17H25BrN2/c18-17-5-3-15(4-6-17)16-7-10-20(11-8-16)13-14-2-1-9-19-12-14/h3-6,14,16,19H,1-2,7-13H2. The average Bonchev–Trinajstić information content (AvgIpc) is 2.50. The molecule has 0 aliphatic carbocycles. The molecule has 0 aromatic heterocycles. The molecule has 1 aromatic rings. The van der Waals surface area contributed by atoms with Crippen LogP contribution in [0.5, 0.6) is 0 Å². The van der Waals surface area contributed by atoms with E-state index in [0.29, 0.717) is 0 Å². The largest absolute Gasteiger partial charge is 0.316 e. The molecule has 2 nitrogen and oxygen atoms in total. The Morgan fingerprint density at radius 1 is 1.10 bits per heavy atom. The topological polar surface area (TPSA) is 15.3 Å². The highest BCUT2D eigenvalue weighted by atomic mass is 79.9. The molecule has 2 aliphatic rings. The Morgan fingerprint density at radius 2 is 1.85 bits per heavy atom. The molecular weight excluding hydrogens is 312 g/mol. The Kier molecular flexibility index (Phi) is 5.14. The molecule has 1 atom stereocenters. The molecule has 2 saturated heterocycles. The number of piperidine rings is 2. The monoisotopic (exact) mass is 336 g/mol. The average molecular weight is 337 g/mol.